The Kier molecular flexibility index (Phi) is 10.8. The van der Waals surface area contributed by atoms with E-state index in [0.29, 0.717) is 28.0 Å². The molecule has 0 aromatic heterocycles. The van der Waals surface area contributed by atoms with Crippen LogP contribution in [0.1, 0.15) is 49.9 Å². The van der Waals surface area contributed by atoms with Crippen molar-refractivity contribution in [3.05, 3.63) is 56.2 Å². The Labute approximate surface area is 227 Å². The van der Waals surface area contributed by atoms with E-state index in [2.05, 4.69) is 60.0 Å². The van der Waals surface area contributed by atoms with Crippen LogP contribution in [0.4, 0.5) is 0 Å². The van der Waals surface area contributed by atoms with Gasteiger partial charge in [-0.15, -0.1) is 0 Å². The van der Waals surface area contributed by atoms with E-state index in [-0.39, 0.29) is 30.8 Å². The normalized spacial score (nSPS) is 12.0. The van der Waals surface area contributed by atoms with Crippen molar-refractivity contribution < 1.29 is 28.6 Å². The summed E-state index contributed by atoms with van der Waals surface area (Å²) in [4.78, 5) is 36.5. The molecule has 1 N–H and O–H groups in total. The van der Waals surface area contributed by atoms with Crippen LogP contribution in [0.2, 0.25) is 0 Å². The molecular weight excluding hydrogens is 573 g/mol. The second kappa shape index (κ2) is 13.1. The predicted octanol–water partition coefficient (Wildman–Crippen LogP) is 4.95. The van der Waals surface area contributed by atoms with Crippen LogP contribution in [-0.2, 0) is 32.0 Å². The lowest BCUT2D eigenvalue weighted by atomic mass is 9.95. The van der Waals surface area contributed by atoms with Crippen LogP contribution < -0.4 is 14.8 Å². The number of methoxy groups -OCH3 is 1. The number of esters is 2. The van der Waals surface area contributed by atoms with Gasteiger partial charge in [-0.3, -0.25) is 14.4 Å². The minimum Gasteiger partial charge on any atom is -0.493 e. The average molecular weight is 610 g/mol. The smallest absolute Gasteiger partial charge is 0.311 e. The zero-order valence-electron chi connectivity index (χ0n) is 22.1. The molecule has 0 aliphatic heterocycles. The Morgan fingerprint density at radius 3 is 2.31 bits per heavy atom. The lowest BCUT2D eigenvalue weighted by Gasteiger charge is -2.22. The predicted molar refractivity (Wildman–Crippen MR) is 147 cm³/mol. The number of amides is 1. The summed E-state index contributed by atoms with van der Waals surface area (Å²) >= 11 is 2.05. The van der Waals surface area contributed by atoms with E-state index in [9.17, 15) is 14.4 Å². The minimum absolute atomic E-state index is 0.0802. The Hall–Kier alpha value is -2.62. The third kappa shape index (κ3) is 9.11. The molecule has 1 amide bonds. The molecule has 0 bridgehead atoms. The summed E-state index contributed by atoms with van der Waals surface area (Å²) in [6.07, 6.45) is 0.798. The van der Waals surface area contributed by atoms with E-state index in [0.717, 1.165) is 11.1 Å². The molecular formula is C28H36INO6. The Morgan fingerprint density at radius 2 is 1.72 bits per heavy atom. The summed E-state index contributed by atoms with van der Waals surface area (Å²) in [5, 5.41) is 2.98. The molecule has 36 heavy (non-hydrogen) atoms. The average Bonchev–Trinajstić information content (AvgIpc) is 2.78. The quantitative estimate of drug-likeness (QED) is 0.233. The molecule has 2 aromatic carbocycles. The van der Waals surface area contributed by atoms with Crippen molar-refractivity contribution in [2.45, 2.75) is 54.4 Å². The topological polar surface area (TPSA) is 90.9 Å². The number of benzene rings is 2. The standard InChI is InChI=1S/C28H36INO6/c1-17-8-9-20(10-18(17)2)11-22(16-35-27(33)28(4,5)6)15-30-25(32)14-21-12-23(29)26(36-19(3)31)24(13-21)34-7/h8-10,12-13,22H,11,14-16H2,1-7H3,(H,30,32). The van der Waals surface area contributed by atoms with Crippen molar-refractivity contribution in [2.75, 3.05) is 20.3 Å². The van der Waals surface area contributed by atoms with Crippen molar-refractivity contribution in [3.63, 3.8) is 0 Å². The van der Waals surface area contributed by atoms with Crippen LogP contribution in [0.5, 0.6) is 11.5 Å². The van der Waals surface area contributed by atoms with Gasteiger partial charge in [0.2, 0.25) is 5.91 Å². The lowest BCUT2D eigenvalue weighted by Crippen LogP contribution is -2.35. The zero-order valence-corrected chi connectivity index (χ0v) is 24.3. The highest BCUT2D eigenvalue weighted by Crippen LogP contribution is 2.34. The highest BCUT2D eigenvalue weighted by atomic mass is 127. The molecule has 1 atom stereocenters. The summed E-state index contributed by atoms with van der Waals surface area (Å²) < 4.78 is 16.8. The van der Waals surface area contributed by atoms with Gasteiger partial charge >= 0.3 is 11.9 Å². The first-order chi connectivity index (χ1) is 16.8. The third-order valence-electron chi connectivity index (χ3n) is 5.65. The molecule has 196 valence electrons. The molecule has 0 saturated heterocycles. The SMILES string of the molecule is COc1cc(CC(=O)NCC(COC(=O)C(C)(C)C)Cc2ccc(C)c(C)c2)cc(I)c1OC(C)=O. The van der Waals surface area contributed by atoms with Gasteiger partial charge in [-0.2, -0.15) is 0 Å². The van der Waals surface area contributed by atoms with Gasteiger partial charge in [-0.25, -0.2) is 0 Å². The first kappa shape index (κ1) is 29.6. The summed E-state index contributed by atoms with van der Waals surface area (Å²) in [5.41, 5.74) is 3.68. The molecule has 0 aliphatic carbocycles. The maximum atomic E-state index is 12.8. The van der Waals surface area contributed by atoms with Gasteiger partial charge in [0.05, 0.1) is 29.1 Å². The van der Waals surface area contributed by atoms with E-state index in [4.69, 9.17) is 14.2 Å². The van der Waals surface area contributed by atoms with Gasteiger partial charge in [-0.1, -0.05) is 18.2 Å². The van der Waals surface area contributed by atoms with Crippen molar-refractivity contribution in [1.82, 2.24) is 5.32 Å². The minimum atomic E-state index is -0.595. The van der Waals surface area contributed by atoms with Crippen molar-refractivity contribution in [3.8, 4) is 11.5 Å². The number of carbonyl (C=O) groups excluding carboxylic acids is 3. The van der Waals surface area contributed by atoms with Crippen LogP contribution >= 0.6 is 22.6 Å². The maximum absolute atomic E-state index is 12.8. The molecule has 7 nitrogen and oxygen atoms in total. The number of rotatable bonds is 10. The highest BCUT2D eigenvalue weighted by Gasteiger charge is 2.25. The maximum Gasteiger partial charge on any atom is 0.311 e. The summed E-state index contributed by atoms with van der Waals surface area (Å²) in [6.45, 7) is 11.5. The molecule has 2 aromatic rings. The number of hydrogen-bond donors (Lipinski definition) is 1. The Balaban J connectivity index is 2.09. The second-order valence-corrected chi connectivity index (χ2v) is 11.2. The van der Waals surface area contributed by atoms with Gasteiger partial charge in [0.25, 0.3) is 0 Å². The van der Waals surface area contributed by atoms with Crippen LogP contribution in [0.25, 0.3) is 0 Å². The third-order valence-corrected chi connectivity index (χ3v) is 6.45. The molecule has 0 saturated carbocycles. The van der Waals surface area contributed by atoms with E-state index in [1.165, 1.54) is 25.2 Å². The second-order valence-electron chi connectivity index (χ2n) is 10.0. The van der Waals surface area contributed by atoms with Crippen LogP contribution in [0, 0.1) is 28.8 Å². The molecule has 2 rings (SSSR count). The zero-order chi connectivity index (χ0) is 27.0. The molecule has 0 fully saturated rings. The fraction of sp³-hybridized carbons (Fsp3) is 0.464. The monoisotopic (exact) mass is 609 g/mol. The molecule has 0 aliphatic rings. The van der Waals surface area contributed by atoms with Gasteiger partial charge < -0.3 is 19.5 Å². The fourth-order valence-corrected chi connectivity index (χ4v) is 4.26. The fourth-order valence-electron chi connectivity index (χ4n) is 3.49. The van der Waals surface area contributed by atoms with Gasteiger partial charge in [0.15, 0.2) is 11.5 Å². The van der Waals surface area contributed by atoms with Crippen molar-refractivity contribution in [2.24, 2.45) is 11.3 Å². The first-order valence-electron chi connectivity index (χ1n) is 11.8. The largest absolute Gasteiger partial charge is 0.493 e. The molecule has 0 spiro atoms. The van der Waals surface area contributed by atoms with Gasteiger partial charge in [0.1, 0.15) is 0 Å². The number of carbonyl (C=O) groups is 3. The number of aryl methyl sites for hydroxylation is 2. The highest BCUT2D eigenvalue weighted by molar-refractivity contribution is 14.1. The summed E-state index contributed by atoms with van der Waals surface area (Å²) in [5.74, 6) is -0.235. The summed E-state index contributed by atoms with van der Waals surface area (Å²) in [7, 11) is 1.48. The Bertz CT molecular complexity index is 1110. The number of nitrogens with one attached hydrogen (secondary N) is 1. The number of halogens is 1. The van der Waals surface area contributed by atoms with E-state index < -0.39 is 11.4 Å². The summed E-state index contributed by atoms with van der Waals surface area (Å²) in [6, 6.07) is 9.77. The number of hydrogen-bond acceptors (Lipinski definition) is 6. The Morgan fingerprint density at radius 1 is 1.03 bits per heavy atom. The van der Waals surface area contributed by atoms with E-state index in [1.54, 1.807) is 12.1 Å². The van der Waals surface area contributed by atoms with Crippen molar-refractivity contribution in [1.29, 1.82) is 0 Å². The van der Waals surface area contributed by atoms with Gasteiger partial charge in [-0.05, 0) is 98.0 Å². The van der Waals surface area contributed by atoms with Crippen LogP contribution in [-0.4, -0.2) is 38.1 Å². The lowest BCUT2D eigenvalue weighted by molar-refractivity contribution is -0.154. The first-order valence-corrected chi connectivity index (χ1v) is 12.9. The molecule has 1 unspecified atom stereocenters. The van der Waals surface area contributed by atoms with Gasteiger partial charge in [0, 0.05) is 19.4 Å². The van der Waals surface area contributed by atoms with E-state index >= 15 is 0 Å². The molecule has 8 heteroatoms. The van der Waals surface area contributed by atoms with E-state index in [1.807, 2.05) is 20.8 Å². The number of ether oxygens (including phenoxy) is 3. The van der Waals surface area contributed by atoms with Crippen LogP contribution in [0.3, 0.4) is 0 Å². The van der Waals surface area contributed by atoms with Crippen molar-refractivity contribution >= 4 is 40.4 Å². The molecule has 0 radical (unpaired) electrons. The molecule has 0 heterocycles. The van der Waals surface area contributed by atoms with Crippen LogP contribution in [0.15, 0.2) is 30.3 Å².